The molecule has 31 heavy (non-hydrogen) atoms. The molecule has 6 nitrogen and oxygen atoms in total. The summed E-state index contributed by atoms with van der Waals surface area (Å²) in [5, 5.41) is 8.82. The van der Waals surface area contributed by atoms with Crippen molar-refractivity contribution in [3.63, 3.8) is 0 Å². The zero-order chi connectivity index (χ0) is 22.4. The van der Waals surface area contributed by atoms with E-state index in [1.807, 2.05) is 39.0 Å². The van der Waals surface area contributed by atoms with E-state index in [0.29, 0.717) is 43.0 Å². The molecule has 0 radical (unpaired) electrons. The maximum atomic E-state index is 14.0. The average Bonchev–Trinajstić information content (AvgIpc) is 2.72. The van der Waals surface area contributed by atoms with E-state index in [0.717, 1.165) is 0 Å². The number of nitriles is 1. The number of ether oxygens (including phenoxy) is 3. The van der Waals surface area contributed by atoms with Crippen molar-refractivity contribution in [2.24, 2.45) is 0 Å². The Morgan fingerprint density at radius 2 is 1.87 bits per heavy atom. The first-order valence-corrected chi connectivity index (χ1v) is 10.3. The molecular weight excluding hydrogens is 399 g/mol. The van der Waals surface area contributed by atoms with Gasteiger partial charge >= 0.3 is 6.09 Å². The highest BCUT2D eigenvalue weighted by molar-refractivity contribution is 5.68. The summed E-state index contributed by atoms with van der Waals surface area (Å²) in [7, 11) is 0. The van der Waals surface area contributed by atoms with Gasteiger partial charge in [-0.1, -0.05) is 12.1 Å². The second-order valence-electron chi connectivity index (χ2n) is 8.47. The minimum Gasteiger partial charge on any atom is -0.490 e. The van der Waals surface area contributed by atoms with E-state index in [2.05, 4.69) is 0 Å². The highest BCUT2D eigenvalue weighted by Gasteiger charge is 2.27. The van der Waals surface area contributed by atoms with Gasteiger partial charge in [-0.3, -0.25) is 0 Å². The second-order valence-corrected chi connectivity index (χ2v) is 8.47. The third-order valence-corrected chi connectivity index (χ3v) is 4.78. The molecule has 0 spiro atoms. The SMILES string of the molecule is CC(C)(C)OC(=O)N1CCC(Oc2cccc(OCc3ccc(C#N)cc3F)c2)CC1. The van der Waals surface area contributed by atoms with Crippen molar-refractivity contribution < 1.29 is 23.4 Å². The molecule has 0 saturated carbocycles. The van der Waals surface area contributed by atoms with Gasteiger partial charge in [0.15, 0.2) is 0 Å². The number of amides is 1. The van der Waals surface area contributed by atoms with Crippen LogP contribution in [0.3, 0.4) is 0 Å². The van der Waals surface area contributed by atoms with Crippen molar-refractivity contribution in [2.75, 3.05) is 13.1 Å². The van der Waals surface area contributed by atoms with Crippen LogP contribution in [0.5, 0.6) is 11.5 Å². The van der Waals surface area contributed by atoms with Crippen molar-refractivity contribution in [3.8, 4) is 17.6 Å². The first-order chi connectivity index (χ1) is 14.7. The van der Waals surface area contributed by atoms with E-state index in [9.17, 15) is 9.18 Å². The van der Waals surface area contributed by atoms with Crippen molar-refractivity contribution in [3.05, 3.63) is 59.4 Å². The maximum absolute atomic E-state index is 14.0. The monoisotopic (exact) mass is 426 g/mol. The molecule has 3 rings (SSSR count). The quantitative estimate of drug-likeness (QED) is 0.669. The zero-order valence-corrected chi connectivity index (χ0v) is 18.1. The minimum atomic E-state index is -0.508. The van der Waals surface area contributed by atoms with Crippen LogP contribution < -0.4 is 9.47 Å². The van der Waals surface area contributed by atoms with Crippen LogP contribution in [0.25, 0.3) is 0 Å². The normalized spacial score (nSPS) is 14.6. The van der Waals surface area contributed by atoms with Gasteiger partial charge in [-0.05, 0) is 45.0 Å². The summed E-state index contributed by atoms with van der Waals surface area (Å²) in [5.41, 5.74) is 0.139. The lowest BCUT2D eigenvalue weighted by molar-refractivity contribution is 0.0126. The third kappa shape index (κ3) is 6.61. The smallest absolute Gasteiger partial charge is 0.410 e. The number of hydrogen-bond donors (Lipinski definition) is 0. The number of piperidine rings is 1. The van der Waals surface area contributed by atoms with Crippen LogP contribution in [0.15, 0.2) is 42.5 Å². The van der Waals surface area contributed by atoms with Crippen molar-refractivity contribution >= 4 is 6.09 Å². The predicted octanol–water partition coefficient (Wildman–Crippen LogP) is 5.05. The largest absolute Gasteiger partial charge is 0.490 e. The molecule has 1 aliphatic rings. The Morgan fingerprint density at radius 3 is 2.52 bits per heavy atom. The van der Waals surface area contributed by atoms with Gasteiger partial charge in [-0.25, -0.2) is 9.18 Å². The molecular formula is C24H27FN2O4. The average molecular weight is 426 g/mol. The summed E-state index contributed by atoms with van der Waals surface area (Å²) in [4.78, 5) is 13.9. The predicted molar refractivity (Wildman–Crippen MR) is 113 cm³/mol. The fraction of sp³-hybridized carbons (Fsp3) is 0.417. The van der Waals surface area contributed by atoms with Gasteiger partial charge in [0.25, 0.3) is 0 Å². The molecule has 0 aromatic heterocycles. The number of hydrogen-bond acceptors (Lipinski definition) is 5. The summed E-state index contributed by atoms with van der Waals surface area (Å²) in [6, 6.07) is 13.4. The van der Waals surface area contributed by atoms with Crippen molar-refractivity contribution in [2.45, 2.75) is 51.9 Å². The fourth-order valence-corrected chi connectivity index (χ4v) is 3.21. The van der Waals surface area contributed by atoms with Crippen LogP contribution in [-0.2, 0) is 11.3 Å². The highest BCUT2D eigenvalue weighted by Crippen LogP contribution is 2.25. The molecule has 7 heteroatoms. The first kappa shape index (κ1) is 22.4. The van der Waals surface area contributed by atoms with Crippen LogP contribution in [0.4, 0.5) is 9.18 Å². The minimum absolute atomic E-state index is 0.00935. The zero-order valence-electron chi connectivity index (χ0n) is 18.1. The van der Waals surface area contributed by atoms with E-state index in [1.54, 1.807) is 29.2 Å². The second kappa shape index (κ2) is 9.69. The van der Waals surface area contributed by atoms with E-state index in [-0.39, 0.29) is 24.4 Å². The molecule has 1 amide bonds. The lowest BCUT2D eigenvalue weighted by Crippen LogP contribution is -2.44. The molecule has 1 fully saturated rings. The van der Waals surface area contributed by atoms with Crippen LogP contribution in [-0.4, -0.2) is 35.8 Å². The number of rotatable bonds is 5. The van der Waals surface area contributed by atoms with Crippen molar-refractivity contribution in [1.82, 2.24) is 4.90 Å². The Bertz CT molecular complexity index is 957. The molecule has 2 aromatic rings. The molecule has 0 unspecified atom stereocenters. The number of halogens is 1. The first-order valence-electron chi connectivity index (χ1n) is 10.3. The van der Waals surface area contributed by atoms with E-state index >= 15 is 0 Å². The van der Waals surface area contributed by atoms with Gasteiger partial charge in [0.05, 0.1) is 11.6 Å². The van der Waals surface area contributed by atoms with Crippen LogP contribution in [0, 0.1) is 17.1 Å². The summed E-state index contributed by atoms with van der Waals surface area (Å²) in [6.45, 7) is 6.76. The van der Waals surface area contributed by atoms with Gasteiger partial charge in [-0.2, -0.15) is 5.26 Å². The number of carbonyl (C=O) groups excluding carboxylic acids is 1. The van der Waals surface area contributed by atoms with Crippen LogP contribution in [0.1, 0.15) is 44.7 Å². The molecule has 0 aliphatic carbocycles. The molecule has 164 valence electrons. The molecule has 0 bridgehead atoms. The number of benzene rings is 2. The maximum Gasteiger partial charge on any atom is 0.410 e. The molecule has 2 aromatic carbocycles. The topological polar surface area (TPSA) is 71.8 Å². The summed E-state index contributed by atoms with van der Waals surface area (Å²) in [6.07, 6.45) is 1.11. The Hall–Kier alpha value is -3.27. The Balaban J connectivity index is 1.51. The Labute approximate surface area is 182 Å². The highest BCUT2D eigenvalue weighted by atomic mass is 19.1. The molecule has 1 aliphatic heterocycles. The molecule has 0 atom stereocenters. The standard InChI is InChI=1S/C24H27FN2O4/c1-24(2,3)31-23(28)27-11-9-19(10-12-27)30-21-6-4-5-20(14-21)29-16-18-8-7-17(15-26)13-22(18)25/h4-8,13-14,19H,9-12,16H2,1-3H3. The van der Waals surface area contributed by atoms with Crippen molar-refractivity contribution in [1.29, 1.82) is 5.26 Å². The van der Waals surface area contributed by atoms with E-state index < -0.39 is 11.4 Å². The Kier molecular flexibility index (Phi) is 7.01. The van der Waals surface area contributed by atoms with Gasteiger partial charge < -0.3 is 19.1 Å². The summed E-state index contributed by atoms with van der Waals surface area (Å²) in [5.74, 6) is 0.754. The van der Waals surface area contributed by atoms with Crippen LogP contribution >= 0.6 is 0 Å². The fourth-order valence-electron chi connectivity index (χ4n) is 3.21. The lowest BCUT2D eigenvalue weighted by atomic mass is 10.1. The van der Waals surface area contributed by atoms with Crippen LogP contribution in [0.2, 0.25) is 0 Å². The Morgan fingerprint density at radius 1 is 1.16 bits per heavy atom. The molecule has 1 heterocycles. The summed E-state index contributed by atoms with van der Waals surface area (Å²) >= 11 is 0. The number of nitrogens with zero attached hydrogens (tertiary/aromatic N) is 2. The van der Waals surface area contributed by atoms with Gasteiger partial charge in [0.2, 0.25) is 0 Å². The third-order valence-electron chi connectivity index (χ3n) is 4.78. The molecule has 0 N–H and O–H groups in total. The molecule has 1 saturated heterocycles. The van der Waals surface area contributed by atoms with E-state index in [1.165, 1.54) is 6.07 Å². The van der Waals surface area contributed by atoms with Gasteiger partial charge in [0, 0.05) is 37.6 Å². The van der Waals surface area contributed by atoms with Gasteiger partial charge in [0.1, 0.15) is 35.6 Å². The lowest BCUT2D eigenvalue weighted by Gasteiger charge is -2.33. The van der Waals surface area contributed by atoms with E-state index in [4.69, 9.17) is 19.5 Å². The number of likely N-dealkylation sites (tertiary alicyclic amines) is 1. The number of carbonyl (C=O) groups is 1. The van der Waals surface area contributed by atoms with Gasteiger partial charge in [-0.15, -0.1) is 0 Å². The summed E-state index contributed by atoms with van der Waals surface area (Å²) < 4.78 is 31.2.